The number of aromatic carboxylic acids is 1. The molecular weight excluding hydrogens is 302 g/mol. The molecule has 0 saturated carbocycles. The number of carboxylic acid groups (broad SMARTS) is 1. The Kier molecular flexibility index (Phi) is 4.34. The summed E-state index contributed by atoms with van der Waals surface area (Å²) in [6.45, 7) is 0. The highest BCUT2D eigenvalue weighted by Crippen LogP contribution is 2.31. The predicted molar refractivity (Wildman–Crippen MR) is 97.3 cm³/mol. The third kappa shape index (κ3) is 3.47. The van der Waals surface area contributed by atoms with Crippen molar-refractivity contribution in [3.05, 3.63) is 78.4 Å². The highest BCUT2D eigenvalue weighted by Gasteiger charge is 2.14. The van der Waals surface area contributed by atoms with Crippen LogP contribution in [-0.4, -0.2) is 11.1 Å². The molecule has 3 rings (SSSR count). The number of hydrogen-bond donors (Lipinski definition) is 4. The number of benzene rings is 3. The van der Waals surface area contributed by atoms with E-state index in [2.05, 4.69) is 10.6 Å². The van der Waals surface area contributed by atoms with E-state index in [1.54, 1.807) is 6.07 Å². The normalized spacial score (nSPS) is 10.2. The van der Waals surface area contributed by atoms with Gasteiger partial charge in [-0.25, -0.2) is 4.79 Å². The summed E-state index contributed by atoms with van der Waals surface area (Å²) < 4.78 is 0. The zero-order valence-corrected chi connectivity index (χ0v) is 12.9. The summed E-state index contributed by atoms with van der Waals surface area (Å²) in [5, 5.41) is 15.8. The minimum atomic E-state index is -1.04. The van der Waals surface area contributed by atoms with Crippen molar-refractivity contribution < 1.29 is 9.90 Å². The van der Waals surface area contributed by atoms with Crippen molar-refractivity contribution in [1.29, 1.82) is 0 Å². The molecule has 5 N–H and O–H groups in total. The van der Waals surface area contributed by atoms with E-state index >= 15 is 0 Å². The van der Waals surface area contributed by atoms with E-state index in [0.29, 0.717) is 17.1 Å². The summed E-state index contributed by atoms with van der Waals surface area (Å²) in [5.74, 6) is -1.04. The lowest BCUT2D eigenvalue weighted by Crippen LogP contribution is -2.06. The number of nitrogen functional groups attached to an aromatic ring is 1. The zero-order valence-electron chi connectivity index (χ0n) is 12.9. The molecule has 5 nitrogen and oxygen atoms in total. The van der Waals surface area contributed by atoms with Gasteiger partial charge < -0.3 is 21.5 Å². The monoisotopic (exact) mass is 319 g/mol. The molecule has 0 radical (unpaired) electrons. The summed E-state index contributed by atoms with van der Waals surface area (Å²) in [7, 11) is 0. The highest BCUT2D eigenvalue weighted by atomic mass is 16.4. The van der Waals surface area contributed by atoms with Crippen molar-refractivity contribution in [2.24, 2.45) is 0 Å². The van der Waals surface area contributed by atoms with Gasteiger partial charge in [-0.05, 0) is 36.4 Å². The molecule has 0 aliphatic carbocycles. The van der Waals surface area contributed by atoms with Gasteiger partial charge in [0.2, 0.25) is 0 Å². The number of rotatable bonds is 5. The van der Waals surface area contributed by atoms with Crippen LogP contribution in [0.15, 0.2) is 72.8 Å². The van der Waals surface area contributed by atoms with Gasteiger partial charge in [0.1, 0.15) is 0 Å². The van der Waals surface area contributed by atoms with Crippen LogP contribution in [0.1, 0.15) is 10.4 Å². The Hall–Kier alpha value is -3.47. The van der Waals surface area contributed by atoms with Gasteiger partial charge in [-0.2, -0.15) is 0 Å². The lowest BCUT2D eigenvalue weighted by Gasteiger charge is -2.15. The van der Waals surface area contributed by atoms with Crippen molar-refractivity contribution in [1.82, 2.24) is 0 Å². The Morgan fingerprint density at radius 3 is 1.79 bits per heavy atom. The molecule has 120 valence electrons. The fourth-order valence-corrected chi connectivity index (χ4v) is 2.36. The third-order valence-electron chi connectivity index (χ3n) is 3.53. The molecule has 0 aliphatic heterocycles. The van der Waals surface area contributed by atoms with Crippen molar-refractivity contribution in [2.75, 3.05) is 16.4 Å². The lowest BCUT2D eigenvalue weighted by molar-refractivity contribution is 0.0698. The molecule has 3 aromatic carbocycles. The van der Waals surface area contributed by atoms with Crippen LogP contribution in [-0.2, 0) is 0 Å². The molecule has 0 amide bonds. The second-order valence-corrected chi connectivity index (χ2v) is 5.27. The first kappa shape index (κ1) is 15.4. The summed E-state index contributed by atoms with van der Waals surface area (Å²) >= 11 is 0. The van der Waals surface area contributed by atoms with E-state index < -0.39 is 5.97 Å². The largest absolute Gasteiger partial charge is 0.478 e. The van der Waals surface area contributed by atoms with E-state index in [-0.39, 0.29) is 5.56 Å². The molecule has 0 atom stereocenters. The maximum atomic E-state index is 11.5. The molecule has 5 heteroatoms. The second-order valence-electron chi connectivity index (χ2n) is 5.27. The second kappa shape index (κ2) is 6.75. The van der Waals surface area contributed by atoms with Crippen LogP contribution in [0.4, 0.5) is 28.4 Å². The van der Waals surface area contributed by atoms with Gasteiger partial charge in [0.25, 0.3) is 0 Å². The van der Waals surface area contributed by atoms with Crippen molar-refractivity contribution in [3.8, 4) is 0 Å². The smallest absolute Gasteiger partial charge is 0.337 e. The highest BCUT2D eigenvalue weighted by molar-refractivity contribution is 5.98. The van der Waals surface area contributed by atoms with Crippen LogP contribution in [0.5, 0.6) is 0 Å². The maximum absolute atomic E-state index is 11.5. The van der Waals surface area contributed by atoms with Gasteiger partial charge in [0, 0.05) is 11.4 Å². The zero-order chi connectivity index (χ0) is 16.9. The van der Waals surface area contributed by atoms with Crippen molar-refractivity contribution in [3.63, 3.8) is 0 Å². The lowest BCUT2D eigenvalue weighted by atomic mass is 10.1. The number of carboxylic acids is 1. The Balaban J connectivity index is 1.99. The summed E-state index contributed by atoms with van der Waals surface area (Å²) in [6, 6.07) is 22.1. The molecule has 0 bridgehead atoms. The van der Waals surface area contributed by atoms with Gasteiger partial charge in [-0.15, -0.1) is 0 Å². The van der Waals surface area contributed by atoms with Gasteiger partial charge in [-0.1, -0.05) is 36.4 Å². The van der Waals surface area contributed by atoms with Crippen LogP contribution >= 0.6 is 0 Å². The van der Waals surface area contributed by atoms with E-state index in [0.717, 1.165) is 11.4 Å². The van der Waals surface area contributed by atoms with Gasteiger partial charge in [-0.3, -0.25) is 0 Å². The fraction of sp³-hybridized carbons (Fsp3) is 0. The Labute approximate surface area is 139 Å². The standard InChI is InChI=1S/C19H17N3O2/c20-16-11-15(19(23)24)17(21-13-7-3-1-4-8-13)12-18(16)22-14-9-5-2-6-10-14/h1-12,21-22H,20H2,(H,23,24). The molecule has 3 aromatic rings. The first-order chi connectivity index (χ1) is 11.6. The molecular formula is C19H17N3O2. The predicted octanol–water partition coefficient (Wildman–Crippen LogP) is 4.45. The molecule has 0 aliphatic rings. The molecule has 0 aromatic heterocycles. The minimum Gasteiger partial charge on any atom is -0.478 e. The Morgan fingerprint density at radius 2 is 1.29 bits per heavy atom. The quantitative estimate of drug-likeness (QED) is 0.522. The van der Waals surface area contributed by atoms with E-state index in [4.69, 9.17) is 5.73 Å². The maximum Gasteiger partial charge on any atom is 0.337 e. The number of anilines is 5. The van der Waals surface area contributed by atoms with Gasteiger partial charge in [0.15, 0.2) is 0 Å². The molecule has 0 spiro atoms. The fourth-order valence-electron chi connectivity index (χ4n) is 2.36. The van der Waals surface area contributed by atoms with Crippen LogP contribution in [0.3, 0.4) is 0 Å². The Bertz CT molecular complexity index is 849. The topological polar surface area (TPSA) is 87.4 Å². The first-order valence-corrected chi connectivity index (χ1v) is 7.44. The summed E-state index contributed by atoms with van der Waals surface area (Å²) in [5.41, 5.74) is 9.30. The van der Waals surface area contributed by atoms with E-state index in [9.17, 15) is 9.90 Å². The SMILES string of the molecule is Nc1cc(C(=O)O)c(Nc2ccccc2)cc1Nc1ccccc1. The number of para-hydroxylation sites is 2. The minimum absolute atomic E-state index is 0.120. The van der Waals surface area contributed by atoms with Crippen LogP contribution in [0.25, 0.3) is 0 Å². The molecule has 0 unspecified atom stereocenters. The number of hydrogen-bond acceptors (Lipinski definition) is 4. The van der Waals surface area contributed by atoms with Crippen molar-refractivity contribution >= 4 is 34.4 Å². The van der Waals surface area contributed by atoms with Gasteiger partial charge >= 0.3 is 5.97 Å². The molecule has 24 heavy (non-hydrogen) atoms. The number of nitrogens with two attached hydrogens (primary N) is 1. The van der Waals surface area contributed by atoms with Crippen LogP contribution < -0.4 is 16.4 Å². The van der Waals surface area contributed by atoms with E-state index in [1.165, 1.54) is 6.07 Å². The average molecular weight is 319 g/mol. The molecule has 0 saturated heterocycles. The number of carbonyl (C=O) groups is 1. The van der Waals surface area contributed by atoms with Crippen LogP contribution in [0, 0.1) is 0 Å². The summed E-state index contributed by atoms with van der Waals surface area (Å²) in [4.78, 5) is 11.5. The molecule has 0 fully saturated rings. The third-order valence-corrected chi connectivity index (χ3v) is 3.53. The van der Waals surface area contributed by atoms with E-state index in [1.807, 2.05) is 60.7 Å². The summed E-state index contributed by atoms with van der Waals surface area (Å²) in [6.07, 6.45) is 0. The number of nitrogens with one attached hydrogen (secondary N) is 2. The van der Waals surface area contributed by atoms with Gasteiger partial charge in [0.05, 0.1) is 22.6 Å². The molecule has 0 heterocycles. The van der Waals surface area contributed by atoms with Crippen molar-refractivity contribution in [2.45, 2.75) is 0 Å². The Morgan fingerprint density at radius 1 is 0.792 bits per heavy atom. The van der Waals surface area contributed by atoms with Crippen LogP contribution in [0.2, 0.25) is 0 Å². The first-order valence-electron chi connectivity index (χ1n) is 7.44. The average Bonchev–Trinajstić information content (AvgIpc) is 2.59.